The van der Waals surface area contributed by atoms with E-state index in [4.69, 9.17) is 10.5 Å². The minimum absolute atomic E-state index is 0.178. The summed E-state index contributed by atoms with van der Waals surface area (Å²) < 4.78 is 5.73. The Balaban J connectivity index is 2.49. The first-order valence-corrected chi connectivity index (χ1v) is 6.08. The SMILES string of the molecule is CCCC(N)(CCC)COc1cc[c]cc1. The average molecular weight is 220 g/mol. The molecule has 0 saturated carbocycles. The fraction of sp³-hybridized carbons (Fsp3) is 0.571. The molecule has 1 aromatic carbocycles. The molecule has 0 aromatic heterocycles. The van der Waals surface area contributed by atoms with Crippen molar-refractivity contribution in [3.8, 4) is 5.75 Å². The van der Waals surface area contributed by atoms with Gasteiger partial charge >= 0.3 is 0 Å². The van der Waals surface area contributed by atoms with Gasteiger partial charge in [0, 0.05) is 5.54 Å². The minimum Gasteiger partial charge on any atom is -0.492 e. The molecule has 0 unspecified atom stereocenters. The molecule has 0 heterocycles. The van der Waals surface area contributed by atoms with Gasteiger partial charge in [-0.1, -0.05) is 38.8 Å². The van der Waals surface area contributed by atoms with Crippen LogP contribution in [0, 0.1) is 6.07 Å². The molecular formula is C14H22NO. The van der Waals surface area contributed by atoms with Gasteiger partial charge in [-0.25, -0.2) is 0 Å². The van der Waals surface area contributed by atoms with E-state index in [1.165, 1.54) is 0 Å². The maximum atomic E-state index is 6.33. The van der Waals surface area contributed by atoms with Crippen molar-refractivity contribution in [1.29, 1.82) is 0 Å². The summed E-state index contributed by atoms with van der Waals surface area (Å²) in [5, 5.41) is 0. The third-order valence-corrected chi connectivity index (χ3v) is 2.71. The van der Waals surface area contributed by atoms with Crippen LogP contribution in [0.5, 0.6) is 5.75 Å². The Labute approximate surface area is 98.8 Å². The highest BCUT2D eigenvalue weighted by Gasteiger charge is 2.23. The molecule has 2 heteroatoms. The van der Waals surface area contributed by atoms with E-state index >= 15 is 0 Å². The van der Waals surface area contributed by atoms with E-state index in [-0.39, 0.29) is 5.54 Å². The van der Waals surface area contributed by atoms with Gasteiger partial charge in [0.05, 0.1) is 0 Å². The topological polar surface area (TPSA) is 35.2 Å². The second-order valence-corrected chi connectivity index (χ2v) is 4.39. The molecule has 0 aliphatic carbocycles. The van der Waals surface area contributed by atoms with Crippen LogP contribution in [-0.2, 0) is 0 Å². The van der Waals surface area contributed by atoms with E-state index in [1.54, 1.807) is 0 Å². The lowest BCUT2D eigenvalue weighted by atomic mass is 9.91. The highest BCUT2D eigenvalue weighted by Crippen LogP contribution is 2.19. The first kappa shape index (κ1) is 13.0. The van der Waals surface area contributed by atoms with E-state index in [1.807, 2.05) is 24.3 Å². The summed E-state index contributed by atoms with van der Waals surface area (Å²) in [7, 11) is 0. The van der Waals surface area contributed by atoms with Crippen LogP contribution in [-0.4, -0.2) is 12.1 Å². The lowest BCUT2D eigenvalue weighted by Crippen LogP contribution is -2.45. The van der Waals surface area contributed by atoms with Crippen molar-refractivity contribution in [1.82, 2.24) is 0 Å². The zero-order chi connectivity index (χ0) is 11.9. The number of rotatable bonds is 7. The molecule has 2 nitrogen and oxygen atoms in total. The molecule has 1 radical (unpaired) electrons. The van der Waals surface area contributed by atoms with Crippen LogP contribution in [0.4, 0.5) is 0 Å². The van der Waals surface area contributed by atoms with Gasteiger partial charge in [-0.05, 0) is 31.0 Å². The van der Waals surface area contributed by atoms with Gasteiger partial charge in [0.1, 0.15) is 12.4 Å². The van der Waals surface area contributed by atoms with Crippen LogP contribution in [0.25, 0.3) is 0 Å². The zero-order valence-electron chi connectivity index (χ0n) is 10.3. The van der Waals surface area contributed by atoms with Crippen LogP contribution in [0.2, 0.25) is 0 Å². The fourth-order valence-electron chi connectivity index (χ4n) is 1.96. The minimum atomic E-state index is -0.178. The molecule has 0 spiro atoms. The predicted molar refractivity (Wildman–Crippen MR) is 67.5 cm³/mol. The molecule has 1 aromatic rings. The van der Waals surface area contributed by atoms with Gasteiger partial charge in [-0.3, -0.25) is 0 Å². The van der Waals surface area contributed by atoms with Gasteiger partial charge in [0.25, 0.3) is 0 Å². The lowest BCUT2D eigenvalue weighted by Gasteiger charge is -2.28. The van der Waals surface area contributed by atoms with Gasteiger partial charge in [-0.15, -0.1) is 0 Å². The zero-order valence-corrected chi connectivity index (χ0v) is 10.3. The first-order valence-electron chi connectivity index (χ1n) is 6.08. The van der Waals surface area contributed by atoms with Crippen LogP contribution in [0.1, 0.15) is 39.5 Å². The van der Waals surface area contributed by atoms with Gasteiger partial charge < -0.3 is 10.5 Å². The Morgan fingerprint density at radius 2 is 1.75 bits per heavy atom. The Hall–Kier alpha value is -1.02. The molecule has 0 aliphatic rings. The maximum Gasteiger partial charge on any atom is 0.119 e. The Morgan fingerprint density at radius 3 is 2.25 bits per heavy atom. The number of hydrogen-bond acceptors (Lipinski definition) is 2. The summed E-state index contributed by atoms with van der Waals surface area (Å²) in [6, 6.07) is 10.5. The molecular weight excluding hydrogens is 198 g/mol. The Bertz CT molecular complexity index is 278. The van der Waals surface area contributed by atoms with Crippen LogP contribution in [0.3, 0.4) is 0 Å². The van der Waals surface area contributed by atoms with Crippen LogP contribution < -0.4 is 10.5 Å². The van der Waals surface area contributed by atoms with Crippen molar-refractivity contribution in [2.45, 2.75) is 45.1 Å². The third kappa shape index (κ3) is 4.23. The van der Waals surface area contributed by atoms with Crippen molar-refractivity contribution in [3.05, 3.63) is 30.3 Å². The highest BCUT2D eigenvalue weighted by atomic mass is 16.5. The van der Waals surface area contributed by atoms with Gasteiger partial charge in [0.15, 0.2) is 0 Å². The van der Waals surface area contributed by atoms with Crippen molar-refractivity contribution < 1.29 is 4.74 Å². The van der Waals surface area contributed by atoms with E-state index in [0.29, 0.717) is 6.61 Å². The van der Waals surface area contributed by atoms with E-state index in [0.717, 1.165) is 31.4 Å². The number of hydrogen-bond donors (Lipinski definition) is 1. The summed E-state index contributed by atoms with van der Waals surface area (Å²) in [5.41, 5.74) is 6.16. The van der Waals surface area contributed by atoms with Crippen molar-refractivity contribution >= 4 is 0 Å². The molecule has 0 atom stereocenters. The van der Waals surface area contributed by atoms with E-state index < -0.39 is 0 Å². The molecule has 16 heavy (non-hydrogen) atoms. The van der Waals surface area contributed by atoms with Crippen LogP contribution in [0.15, 0.2) is 24.3 Å². The molecule has 0 amide bonds. The molecule has 0 bridgehead atoms. The molecule has 0 aliphatic heterocycles. The third-order valence-electron chi connectivity index (χ3n) is 2.71. The monoisotopic (exact) mass is 220 g/mol. The summed E-state index contributed by atoms with van der Waals surface area (Å²) in [4.78, 5) is 0. The molecule has 0 saturated heterocycles. The summed E-state index contributed by atoms with van der Waals surface area (Å²) in [5.74, 6) is 0.876. The fourth-order valence-corrected chi connectivity index (χ4v) is 1.96. The average Bonchev–Trinajstić information content (AvgIpc) is 2.29. The summed E-state index contributed by atoms with van der Waals surface area (Å²) >= 11 is 0. The second-order valence-electron chi connectivity index (χ2n) is 4.39. The smallest absolute Gasteiger partial charge is 0.119 e. The quantitative estimate of drug-likeness (QED) is 0.766. The Morgan fingerprint density at radius 1 is 1.19 bits per heavy atom. The maximum absolute atomic E-state index is 6.33. The molecule has 0 fully saturated rings. The molecule has 89 valence electrons. The highest BCUT2D eigenvalue weighted by molar-refractivity contribution is 5.20. The first-order chi connectivity index (χ1) is 7.70. The predicted octanol–water partition coefficient (Wildman–Crippen LogP) is 3.16. The normalized spacial score (nSPS) is 11.4. The molecule has 2 N–H and O–H groups in total. The van der Waals surface area contributed by atoms with Crippen molar-refractivity contribution in [2.24, 2.45) is 5.73 Å². The number of nitrogens with two attached hydrogens (primary N) is 1. The van der Waals surface area contributed by atoms with Crippen LogP contribution >= 0.6 is 0 Å². The van der Waals surface area contributed by atoms with E-state index in [9.17, 15) is 0 Å². The number of benzene rings is 1. The summed E-state index contributed by atoms with van der Waals surface area (Å²) in [6.07, 6.45) is 4.23. The van der Waals surface area contributed by atoms with Gasteiger partial charge in [-0.2, -0.15) is 0 Å². The van der Waals surface area contributed by atoms with Crippen molar-refractivity contribution in [2.75, 3.05) is 6.61 Å². The number of ether oxygens (including phenoxy) is 1. The second kappa shape index (κ2) is 6.54. The largest absolute Gasteiger partial charge is 0.492 e. The summed E-state index contributed by atoms with van der Waals surface area (Å²) in [6.45, 7) is 4.92. The van der Waals surface area contributed by atoms with Crippen molar-refractivity contribution in [3.63, 3.8) is 0 Å². The van der Waals surface area contributed by atoms with Gasteiger partial charge in [0.2, 0.25) is 0 Å². The standard InChI is InChI=1S/C14H22NO/c1-3-10-14(15,11-4-2)12-16-13-8-6-5-7-9-13/h6-9H,3-4,10-12,15H2,1-2H3. The van der Waals surface area contributed by atoms with E-state index in [2.05, 4.69) is 19.9 Å². The Kier molecular flexibility index (Phi) is 5.33. The lowest BCUT2D eigenvalue weighted by molar-refractivity contribution is 0.195. The molecule has 1 rings (SSSR count).